The minimum atomic E-state index is 0.434. The van der Waals surface area contributed by atoms with Crippen molar-refractivity contribution in [1.29, 1.82) is 0 Å². The van der Waals surface area contributed by atoms with Crippen LogP contribution in [0.15, 0.2) is 59.2 Å². The van der Waals surface area contributed by atoms with Gasteiger partial charge in [-0.25, -0.2) is 4.68 Å². The van der Waals surface area contributed by atoms with Crippen LogP contribution in [0.5, 0.6) is 0 Å². The Labute approximate surface area is 163 Å². The summed E-state index contributed by atoms with van der Waals surface area (Å²) >= 11 is 20.0. The van der Waals surface area contributed by atoms with Gasteiger partial charge in [0, 0.05) is 26.9 Å². The number of imidazole rings is 1. The van der Waals surface area contributed by atoms with Crippen LogP contribution in [0.1, 0.15) is 0 Å². The lowest BCUT2D eigenvalue weighted by Crippen LogP contribution is -2.28. The first-order chi connectivity index (χ1) is 11.5. The molecule has 0 spiro atoms. The lowest BCUT2D eigenvalue weighted by molar-refractivity contribution is 0.963. The van der Waals surface area contributed by atoms with Gasteiger partial charge < -0.3 is 10.3 Å². The average molecular weight is 440 g/mol. The number of H-pyrrole nitrogens is 1. The molecule has 0 bridgehead atoms. The third kappa shape index (κ3) is 4.05. The minimum absolute atomic E-state index is 0.434. The van der Waals surface area contributed by atoms with Gasteiger partial charge in [-0.15, -0.1) is 0 Å². The third-order valence-corrected chi connectivity index (χ3v) is 4.51. The Balaban J connectivity index is 1.81. The van der Waals surface area contributed by atoms with Crippen molar-refractivity contribution in [2.24, 2.45) is 0 Å². The number of benzene rings is 2. The van der Waals surface area contributed by atoms with Crippen LogP contribution in [0, 0.1) is 4.77 Å². The smallest absolute Gasteiger partial charge is 0.196 e. The van der Waals surface area contributed by atoms with Gasteiger partial charge in [-0.05, 0) is 60.8 Å². The Kier molecular flexibility index (Phi) is 5.35. The molecule has 24 heavy (non-hydrogen) atoms. The molecule has 1 aromatic heterocycles. The van der Waals surface area contributed by atoms with Crippen molar-refractivity contribution in [2.75, 3.05) is 10.7 Å². The minimum Gasteiger partial charge on any atom is -0.335 e. The Morgan fingerprint density at radius 3 is 2.42 bits per heavy atom. The Morgan fingerprint density at radius 2 is 1.75 bits per heavy atom. The zero-order chi connectivity index (χ0) is 17.1. The second-order valence-electron chi connectivity index (χ2n) is 4.89. The lowest BCUT2D eigenvalue weighted by Gasteiger charge is -2.14. The van der Waals surface area contributed by atoms with E-state index < -0.39 is 0 Å². The summed E-state index contributed by atoms with van der Waals surface area (Å²) in [5, 5.41) is 4.23. The second-order valence-corrected chi connectivity index (χ2v) is 7.04. The summed E-state index contributed by atoms with van der Waals surface area (Å²) in [5.74, 6) is 0. The summed E-state index contributed by atoms with van der Waals surface area (Å²) in [6.45, 7) is 0. The highest BCUT2D eigenvalue weighted by molar-refractivity contribution is 9.10. The molecule has 4 nitrogen and oxygen atoms in total. The summed E-state index contributed by atoms with van der Waals surface area (Å²) in [6.07, 6.45) is 1.82. The molecule has 0 amide bonds. The molecular formula is C16H12BrClN4S2. The molecule has 0 fully saturated rings. The van der Waals surface area contributed by atoms with Gasteiger partial charge in [-0.1, -0.05) is 39.7 Å². The van der Waals surface area contributed by atoms with E-state index in [1.165, 1.54) is 0 Å². The quantitative estimate of drug-likeness (QED) is 0.467. The summed E-state index contributed by atoms with van der Waals surface area (Å²) in [5.41, 5.74) is 5.79. The molecule has 0 saturated carbocycles. The predicted molar refractivity (Wildman–Crippen MR) is 110 cm³/mol. The van der Waals surface area contributed by atoms with Crippen LogP contribution in [-0.2, 0) is 0 Å². The molecule has 2 aromatic carbocycles. The van der Waals surface area contributed by atoms with Crippen LogP contribution in [-0.4, -0.2) is 14.8 Å². The number of hydrogen-bond acceptors (Lipinski definition) is 2. The van der Waals surface area contributed by atoms with E-state index in [0.717, 1.165) is 21.4 Å². The number of nitrogens with one attached hydrogen (secondary N) is 3. The molecule has 3 aromatic rings. The maximum absolute atomic E-state index is 5.94. The number of halogens is 2. The van der Waals surface area contributed by atoms with E-state index in [1.54, 1.807) is 4.68 Å². The van der Waals surface area contributed by atoms with Crippen molar-refractivity contribution < 1.29 is 0 Å². The zero-order valence-corrected chi connectivity index (χ0v) is 16.2. The van der Waals surface area contributed by atoms with Crippen LogP contribution in [0.25, 0.3) is 11.3 Å². The van der Waals surface area contributed by atoms with Crippen LogP contribution < -0.4 is 10.7 Å². The van der Waals surface area contributed by atoms with E-state index in [2.05, 4.69) is 31.7 Å². The first-order valence-electron chi connectivity index (χ1n) is 6.93. The highest BCUT2D eigenvalue weighted by Gasteiger charge is 2.08. The van der Waals surface area contributed by atoms with Gasteiger partial charge in [-0.3, -0.25) is 5.43 Å². The summed E-state index contributed by atoms with van der Waals surface area (Å²) < 4.78 is 3.23. The first-order valence-corrected chi connectivity index (χ1v) is 8.91. The number of rotatable bonds is 3. The van der Waals surface area contributed by atoms with Crippen LogP contribution >= 0.6 is 52.0 Å². The van der Waals surface area contributed by atoms with Crippen molar-refractivity contribution in [3.8, 4) is 11.3 Å². The number of aromatic nitrogens is 2. The van der Waals surface area contributed by atoms with Crippen molar-refractivity contribution in [3.63, 3.8) is 0 Å². The fourth-order valence-electron chi connectivity index (χ4n) is 2.11. The van der Waals surface area contributed by atoms with E-state index in [-0.39, 0.29) is 0 Å². The molecule has 0 unspecified atom stereocenters. The van der Waals surface area contributed by atoms with Crippen LogP contribution in [0.3, 0.4) is 0 Å². The topological polar surface area (TPSA) is 44.8 Å². The molecule has 0 aliphatic carbocycles. The van der Waals surface area contributed by atoms with E-state index >= 15 is 0 Å². The Bertz CT molecular complexity index is 917. The average Bonchev–Trinajstić information content (AvgIpc) is 2.91. The highest BCUT2D eigenvalue weighted by atomic mass is 79.9. The largest absolute Gasteiger partial charge is 0.335 e. The molecule has 0 saturated heterocycles. The maximum Gasteiger partial charge on any atom is 0.196 e. The van der Waals surface area contributed by atoms with E-state index in [0.29, 0.717) is 14.9 Å². The van der Waals surface area contributed by atoms with Crippen molar-refractivity contribution in [2.45, 2.75) is 0 Å². The standard InChI is InChI=1S/C16H12BrClN4S2/c17-11-3-7-13(8-4-11)20-15(23)21-22-14(9-19-16(22)24)10-1-5-12(18)6-2-10/h1-9H,(H,19,24)(H2,20,21,23). The fourth-order valence-corrected chi connectivity index (χ4v) is 2.91. The first kappa shape index (κ1) is 17.2. The number of nitrogens with zero attached hydrogens (tertiary/aromatic N) is 1. The Morgan fingerprint density at radius 1 is 1.08 bits per heavy atom. The lowest BCUT2D eigenvalue weighted by atomic mass is 10.2. The highest BCUT2D eigenvalue weighted by Crippen LogP contribution is 2.21. The molecule has 0 aliphatic rings. The van der Waals surface area contributed by atoms with E-state index in [9.17, 15) is 0 Å². The van der Waals surface area contributed by atoms with Gasteiger partial charge in [0.1, 0.15) is 0 Å². The summed E-state index contributed by atoms with van der Waals surface area (Å²) in [6, 6.07) is 15.2. The maximum atomic E-state index is 5.94. The molecule has 0 atom stereocenters. The Hall–Kier alpha value is -1.67. The van der Waals surface area contributed by atoms with Gasteiger partial charge in [0.15, 0.2) is 9.88 Å². The van der Waals surface area contributed by atoms with E-state index in [1.807, 2.05) is 54.7 Å². The molecule has 122 valence electrons. The number of thiocarbonyl (C=S) groups is 1. The van der Waals surface area contributed by atoms with E-state index in [4.69, 9.17) is 36.0 Å². The van der Waals surface area contributed by atoms with Gasteiger partial charge >= 0.3 is 0 Å². The molecular weight excluding hydrogens is 428 g/mol. The van der Waals surface area contributed by atoms with Gasteiger partial charge in [0.05, 0.1) is 5.69 Å². The monoisotopic (exact) mass is 438 g/mol. The van der Waals surface area contributed by atoms with Gasteiger partial charge in [-0.2, -0.15) is 0 Å². The van der Waals surface area contributed by atoms with Gasteiger partial charge in [0.2, 0.25) is 0 Å². The van der Waals surface area contributed by atoms with Crippen molar-refractivity contribution in [3.05, 3.63) is 69.0 Å². The molecule has 0 aliphatic heterocycles. The van der Waals surface area contributed by atoms with Crippen LogP contribution in [0.2, 0.25) is 5.02 Å². The summed E-state index contributed by atoms with van der Waals surface area (Å²) in [7, 11) is 0. The SMILES string of the molecule is S=C(Nc1ccc(Br)cc1)Nn1c(-c2ccc(Cl)cc2)c[nH]c1=S. The second kappa shape index (κ2) is 7.48. The number of hydrogen-bond donors (Lipinski definition) is 3. The number of aromatic amines is 1. The summed E-state index contributed by atoms with van der Waals surface area (Å²) in [4.78, 5) is 3.02. The molecule has 1 heterocycles. The normalized spacial score (nSPS) is 10.4. The molecule has 3 N–H and O–H groups in total. The fraction of sp³-hybridized carbons (Fsp3) is 0. The van der Waals surface area contributed by atoms with Crippen molar-refractivity contribution >= 4 is 62.8 Å². The molecule has 3 rings (SSSR count). The van der Waals surface area contributed by atoms with Crippen molar-refractivity contribution in [1.82, 2.24) is 9.66 Å². The molecule has 8 heteroatoms. The number of anilines is 1. The predicted octanol–water partition coefficient (Wildman–Crippen LogP) is 5.57. The van der Waals surface area contributed by atoms with Gasteiger partial charge in [0.25, 0.3) is 0 Å². The third-order valence-electron chi connectivity index (χ3n) is 3.23. The zero-order valence-electron chi connectivity index (χ0n) is 12.2. The van der Waals surface area contributed by atoms with Crippen LogP contribution in [0.4, 0.5) is 5.69 Å². The molecule has 0 radical (unpaired) electrons.